The van der Waals surface area contributed by atoms with Crippen molar-refractivity contribution in [2.75, 3.05) is 32.7 Å². The van der Waals surface area contributed by atoms with E-state index in [-0.39, 0.29) is 0 Å². The van der Waals surface area contributed by atoms with Crippen LogP contribution in [0.4, 0.5) is 0 Å². The largest absolute Gasteiger partial charge is 0.355 e. The van der Waals surface area contributed by atoms with Crippen LogP contribution in [0.15, 0.2) is 0 Å². The average molecular weight is 474 g/mol. The van der Waals surface area contributed by atoms with Crippen LogP contribution in [0.25, 0.3) is 0 Å². The molecule has 0 bridgehead atoms. The van der Waals surface area contributed by atoms with E-state index in [0.717, 1.165) is 12.4 Å². The van der Waals surface area contributed by atoms with Crippen molar-refractivity contribution in [3.05, 3.63) is 0 Å². The molecule has 5 heteroatoms. The molecule has 1 aliphatic heterocycles. The predicted molar refractivity (Wildman–Crippen MR) is 143 cm³/mol. The fourth-order valence-corrected chi connectivity index (χ4v) is 8.35. The second-order valence-corrected chi connectivity index (χ2v) is 13.6. The van der Waals surface area contributed by atoms with Crippen molar-refractivity contribution in [2.45, 2.75) is 134 Å². The van der Waals surface area contributed by atoms with E-state index in [4.69, 9.17) is 9.47 Å². The molecule has 0 aromatic heterocycles. The summed E-state index contributed by atoms with van der Waals surface area (Å²) in [4.78, 5) is 0. The lowest BCUT2D eigenvalue weighted by Gasteiger charge is -2.31. The maximum atomic E-state index is 6.05. The van der Waals surface area contributed by atoms with Gasteiger partial charge in [-0.25, -0.2) is 0 Å². The minimum Gasteiger partial charge on any atom is -0.355 e. The van der Waals surface area contributed by atoms with Gasteiger partial charge in [-0.1, -0.05) is 90.4 Å². The first-order valence-corrected chi connectivity index (χ1v) is 16.6. The van der Waals surface area contributed by atoms with Gasteiger partial charge in [0.05, 0.1) is 6.10 Å². The zero-order valence-electron chi connectivity index (χ0n) is 21.1. The number of thiol groups is 1. The normalized spacial score (nSPS) is 20.6. The SMILES string of the molecule is CCCCCCCCCCCCCCCOCOC1CCC[SiH](CCCS)N(C)CC1. The van der Waals surface area contributed by atoms with Gasteiger partial charge in [0.2, 0.25) is 0 Å². The Morgan fingerprint density at radius 3 is 2.06 bits per heavy atom. The third-order valence-electron chi connectivity index (χ3n) is 6.97. The molecule has 1 heterocycles. The first-order valence-electron chi connectivity index (χ1n) is 13.8. The minimum atomic E-state index is -0.709. The van der Waals surface area contributed by atoms with E-state index in [0.29, 0.717) is 12.9 Å². The van der Waals surface area contributed by atoms with E-state index < -0.39 is 8.96 Å². The molecule has 0 N–H and O–H groups in total. The summed E-state index contributed by atoms with van der Waals surface area (Å²) in [5, 5.41) is 0. The average Bonchev–Trinajstić information content (AvgIpc) is 2.77. The van der Waals surface area contributed by atoms with E-state index in [1.54, 1.807) is 0 Å². The van der Waals surface area contributed by atoms with E-state index in [2.05, 4.69) is 31.2 Å². The standard InChI is InChI=1S/C26H55NO2SSi/c1-3-4-5-6-7-8-9-10-11-12-13-14-15-21-28-25-29-26-18-16-23-31(24-17-22-30)27(2)20-19-26/h26,30-31H,3-25H2,1-2H3. The molecule has 31 heavy (non-hydrogen) atoms. The van der Waals surface area contributed by atoms with Gasteiger partial charge in [0.1, 0.15) is 15.8 Å². The molecule has 0 aromatic rings. The highest BCUT2D eigenvalue weighted by molar-refractivity contribution is 7.80. The third kappa shape index (κ3) is 17.6. The summed E-state index contributed by atoms with van der Waals surface area (Å²) in [7, 11) is 1.63. The zero-order valence-corrected chi connectivity index (χ0v) is 23.2. The molecule has 0 radical (unpaired) electrons. The van der Waals surface area contributed by atoms with Gasteiger partial charge in [0.25, 0.3) is 0 Å². The van der Waals surface area contributed by atoms with Gasteiger partial charge in [-0.05, 0) is 57.1 Å². The molecule has 0 aliphatic carbocycles. The van der Waals surface area contributed by atoms with Crippen molar-refractivity contribution in [2.24, 2.45) is 0 Å². The number of rotatable bonds is 20. The highest BCUT2D eigenvalue weighted by atomic mass is 32.1. The molecule has 186 valence electrons. The van der Waals surface area contributed by atoms with Crippen LogP contribution in [0, 0.1) is 0 Å². The van der Waals surface area contributed by atoms with Gasteiger partial charge in [0.15, 0.2) is 0 Å². The topological polar surface area (TPSA) is 21.7 Å². The van der Waals surface area contributed by atoms with Crippen LogP contribution < -0.4 is 0 Å². The Morgan fingerprint density at radius 2 is 1.45 bits per heavy atom. The molecule has 0 aromatic carbocycles. The summed E-state index contributed by atoms with van der Waals surface area (Å²) in [6.07, 6.45) is 23.6. The van der Waals surface area contributed by atoms with Crippen molar-refractivity contribution in [1.29, 1.82) is 0 Å². The quantitative estimate of drug-likeness (QED) is 0.0851. The second-order valence-electron chi connectivity index (χ2n) is 9.78. The van der Waals surface area contributed by atoms with E-state index in [1.165, 1.54) is 128 Å². The Labute approximate surface area is 202 Å². The van der Waals surface area contributed by atoms with Crippen LogP contribution in [0.1, 0.15) is 116 Å². The number of hydrogen-bond donors (Lipinski definition) is 1. The Balaban J connectivity index is 1.85. The zero-order chi connectivity index (χ0) is 22.4. The van der Waals surface area contributed by atoms with Crippen LogP contribution in [0.5, 0.6) is 0 Å². The summed E-state index contributed by atoms with van der Waals surface area (Å²) in [6.45, 7) is 4.85. The lowest BCUT2D eigenvalue weighted by atomic mass is 10.0. The maximum Gasteiger partial charge on any atom is 0.147 e. The minimum absolute atomic E-state index is 0.397. The monoisotopic (exact) mass is 473 g/mol. The van der Waals surface area contributed by atoms with Gasteiger partial charge in [-0.15, -0.1) is 0 Å². The first-order chi connectivity index (χ1) is 15.3. The number of ether oxygens (including phenoxy) is 2. The molecule has 1 saturated heterocycles. The van der Waals surface area contributed by atoms with Gasteiger partial charge in [0, 0.05) is 6.61 Å². The molecule has 1 fully saturated rings. The summed E-state index contributed by atoms with van der Waals surface area (Å²) in [5.41, 5.74) is 0. The highest BCUT2D eigenvalue weighted by Gasteiger charge is 2.21. The molecule has 3 nitrogen and oxygen atoms in total. The van der Waals surface area contributed by atoms with E-state index >= 15 is 0 Å². The fourth-order valence-electron chi connectivity index (χ4n) is 4.76. The van der Waals surface area contributed by atoms with Crippen molar-refractivity contribution < 1.29 is 9.47 Å². The molecule has 2 atom stereocenters. The molecule has 1 aliphatic rings. The highest BCUT2D eigenvalue weighted by Crippen LogP contribution is 2.20. The Kier molecular flexibility index (Phi) is 21.2. The molecule has 0 spiro atoms. The smallest absolute Gasteiger partial charge is 0.147 e. The summed E-state index contributed by atoms with van der Waals surface area (Å²) >= 11 is 4.39. The van der Waals surface area contributed by atoms with Crippen molar-refractivity contribution in [3.8, 4) is 0 Å². The summed E-state index contributed by atoms with van der Waals surface area (Å²) in [5.74, 6) is 1.04. The molecule has 1 rings (SSSR count). The van der Waals surface area contributed by atoms with E-state index in [9.17, 15) is 0 Å². The lowest BCUT2D eigenvalue weighted by Crippen LogP contribution is -2.40. The Bertz CT molecular complexity index is 375. The van der Waals surface area contributed by atoms with Gasteiger partial charge >= 0.3 is 0 Å². The van der Waals surface area contributed by atoms with Gasteiger partial charge in [-0.3, -0.25) is 0 Å². The van der Waals surface area contributed by atoms with Crippen LogP contribution >= 0.6 is 12.6 Å². The third-order valence-corrected chi connectivity index (χ3v) is 10.9. The summed E-state index contributed by atoms with van der Waals surface area (Å²) < 4.78 is 14.5. The Morgan fingerprint density at radius 1 is 0.839 bits per heavy atom. The molecular weight excluding hydrogens is 418 g/mol. The van der Waals surface area contributed by atoms with Crippen molar-refractivity contribution in [3.63, 3.8) is 0 Å². The number of unbranched alkanes of at least 4 members (excludes halogenated alkanes) is 12. The molecule has 2 unspecified atom stereocenters. The van der Waals surface area contributed by atoms with Crippen molar-refractivity contribution >= 4 is 21.6 Å². The van der Waals surface area contributed by atoms with Crippen LogP contribution in [0.2, 0.25) is 12.1 Å². The lowest BCUT2D eigenvalue weighted by molar-refractivity contribution is -0.0953. The summed E-state index contributed by atoms with van der Waals surface area (Å²) in [6, 6.07) is 2.86. The van der Waals surface area contributed by atoms with Gasteiger partial charge < -0.3 is 14.0 Å². The van der Waals surface area contributed by atoms with Crippen LogP contribution in [0.3, 0.4) is 0 Å². The van der Waals surface area contributed by atoms with Crippen molar-refractivity contribution in [1.82, 2.24) is 4.57 Å². The second kappa shape index (κ2) is 22.2. The van der Waals surface area contributed by atoms with E-state index in [1.807, 2.05) is 0 Å². The molecular formula is C26H55NO2SSi. The fraction of sp³-hybridized carbons (Fsp3) is 1.00. The van der Waals surface area contributed by atoms with Crippen LogP contribution in [-0.2, 0) is 9.47 Å². The van der Waals surface area contributed by atoms with Gasteiger partial charge in [-0.2, -0.15) is 12.6 Å². The maximum absolute atomic E-state index is 6.05. The first kappa shape index (κ1) is 29.5. The van der Waals surface area contributed by atoms with Crippen LogP contribution in [-0.4, -0.2) is 52.4 Å². The number of nitrogens with zero attached hydrogens (tertiary/aromatic N) is 1. The molecule has 0 saturated carbocycles. The number of hydrogen-bond acceptors (Lipinski definition) is 4. The molecule has 0 amide bonds. The Hall–Kier alpha value is 0.447. The predicted octanol–water partition coefficient (Wildman–Crippen LogP) is 7.60.